The van der Waals surface area contributed by atoms with Crippen molar-refractivity contribution in [2.75, 3.05) is 11.9 Å². The number of anilines is 1. The molecule has 2 rings (SSSR count). The minimum atomic E-state index is -1.75. The summed E-state index contributed by atoms with van der Waals surface area (Å²) in [6, 6.07) is 6.09. The van der Waals surface area contributed by atoms with Crippen LogP contribution in [0.15, 0.2) is 33.9 Å². The molecule has 0 radical (unpaired) electrons. The van der Waals surface area contributed by atoms with Gasteiger partial charge in [-0.2, -0.15) is 0 Å². The van der Waals surface area contributed by atoms with E-state index in [0.29, 0.717) is 15.3 Å². The molecule has 0 fully saturated rings. The summed E-state index contributed by atoms with van der Waals surface area (Å²) in [6.45, 7) is -1.40. The summed E-state index contributed by atoms with van der Waals surface area (Å²) in [7, 11) is 0. The summed E-state index contributed by atoms with van der Waals surface area (Å²) in [5.74, 6) is -3.90. The second kappa shape index (κ2) is 13.1. The van der Waals surface area contributed by atoms with Crippen molar-refractivity contribution in [3.8, 4) is 5.75 Å². The first kappa shape index (κ1) is 29.4. The molecule has 1 aromatic carbocycles. The SMILES string of the molecule is Cc1c(NC(=O)COc2ccc(Cl)cc2)c(=O)n(CC(=O)[O-])c(=O)n1CC(=O)[O-].[Na+].[Na+]. The van der Waals surface area contributed by atoms with E-state index < -0.39 is 54.5 Å². The number of carboxylic acids is 2. The Labute approximate surface area is 224 Å². The Balaban J connectivity index is 0.00000450. The maximum atomic E-state index is 12.5. The van der Waals surface area contributed by atoms with Crippen molar-refractivity contribution in [2.45, 2.75) is 20.0 Å². The van der Waals surface area contributed by atoms with Crippen LogP contribution in [-0.2, 0) is 27.5 Å². The molecule has 1 aromatic heterocycles. The average molecular weight is 470 g/mol. The number of halogens is 1. The van der Waals surface area contributed by atoms with Crippen LogP contribution in [0.5, 0.6) is 5.75 Å². The van der Waals surface area contributed by atoms with Gasteiger partial charge in [-0.05, 0) is 31.2 Å². The van der Waals surface area contributed by atoms with Crippen LogP contribution in [0, 0.1) is 6.92 Å². The number of hydrogen-bond acceptors (Lipinski definition) is 8. The normalized spacial score (nSPS) is 9.74. The van der Waals surface area contributed by atoms with E-state index in [0.717, 1.165) is 0 Å². The van der Waals surface area contributed by atoms with E-state index in [1.165, 1.54) is 31.2 Å². The molecule has 154 valence electrons. The zero-order valence-corrected chi connectivity index (χ0v) is 21.7. The number of ether oxygens (including phenoxy) is 1. The van der Waals surface area contributed by atoms with E-state index in [-0.39, 0.29) is 69.4 Å². The number of nitrogens with one attached hydrogen (secondary N) is 1. The van der Waals surface area contributed by atoms with Crippen LogP contribution in [-0.4, -0.2) is 33.6 Å². The Kier molecular flexibility index (Phi) is 12.4. The van der Waals surface area contributed by atoms with Crippen LogP contribution in [0.4, 0.5) is 5.69 Å². The van der Waals surface area contributed by atoms with E-state index in [1.807, 2.05) is 0 Å². The predicted molar refractivity (Wildman–Crippen MR) is 95.3 cm³/mol. The van der Waals surface area contributed by atoms with Gasteiger partial charge in [-0.15, -0.1) is 0 Å². The second-order valence-corrected chi connectivity index (χ2v) is 6.19. The molecule has 0 atom stereocenters. The van der Waals surface area contributed by atoms with Crippen LogP contribution < -0.4 is 90.6 Å². The maximum Gasteiger partial charge on any atom is 1.00 e. The molecule has 0 saturated carbocycles. The number of carbonyl (C=O) groups excluding carboxylic acids is 3. The van der Waals surface area contributed by atoms with Crippen molar-refractivity contribution >= 4 is 35.1 Å². The van der Waals surface area contributed by atoms with Gasteiger partial charge >= 0.3 is 64.8 Å². The molecule has 0 aliphatic rings. The molecule has 14 heteroatoms. The molecule has 0 bridgehead atoms. The van der Waals surface area contributed by atoms with Gasteiger partial charge in [-0.1, -0.05) is 11.6 Å². The van der Waals surface area contributed by atoms with Crippen LogP contribution in [0.2, 0.25) is 5.02 Å². The van der Waals surface area contributed by atoms with Gasteiger partial charge in [0.05, 0.1) is 25.0 Å². The Hall–Kier alpha value is -1.60. The van der Waals surface area contributed by atoms with E-state index in [2.05, 4.69) is 5.32 Å². The molecular weight excluding hydrogens is 456 g/mol. The summed E-state index contributed by atoms with van der Waals surface area (Å²) in [6.07, 6.45) is 0. The summed E-state index contributed by atoms with van der Waals surface area (Å²) in [5.41, 5.74) is -3.00. The van der Waals surface area contributed by atoms with Crippen LogP contribution >= 0.6 is 11.6 Å². The number of carbonyl (C=O) groups is 3. The maximum absolute atomic E-state index is 12.5. The number of aliphatic carboxylic acids is 2. The van der Waals surface area contributed by atoms with Gasteiger partial charge in [-0.3, -0.25) is 18.7 Å². The van der Waals surface area contributed by atoms with Gasteiger partial charge < -0.3 is 29.9 Å². The summed E-state index contributed by atoms with van der Waals surface area (Å²) >= 11 is 5.74. The number of carboxylic acid groups (broad SMARTS) is 2. The van der Waals surface area contributed by atoms with Crippen LogP contribution in [0.3, 0.4) is 0 Å². The summed E-state index contributed by atoms with van der Waals surface area (Å²) in [4.78, 5) is 58.6. The molecule has 31 heavy (non-hydrogen) atoms. The fourth-order valence-corrected chi connectivity index (χ4v) is 2.51. The average Bonchev–Trinajstić information content (AvgIpc) is 2.65. The minimum Gasteiger partial charge on any atom is -0.548 e. The first-order valence-electron chi connectivity index (χ1n) is 8.02. The molecule has 0 saturated heterocycles. The second-order valence-electron chi connectivity index (χ2n) is 5.76. The molecule has 0 spiro atoms. The van der Waals surface area contributed by atoms with E-state index in [9.17, 15) is 34.2 Å². The van der Waals surface area contributed by atoms with Crippen molar-refractivity contribution in [1.29, 1.82) is 0 Å². The van der Waals surface area contributed by atoms with E-state index in [4.69, 9.17) is 16.3 Å². The van der Waals surface area contributed by atoms with Crippen molar-refractivity contribution < 1.29 is 88.4 Å². The number of aromatic nitrogens is 2. The number of amides is 1. The van der Waals surface area contributed by atoms with Gasteiger partial charge in [-0.25, -0.2) is 4.79 Å². The third-order valence-corrected chi connectivity index (χ3v) is 3.96. The largest absolute Gasteiger partial charge is 1.00 e. The molecule has 1 heterocycles. The number of benzene rings is 1. The Morgan fingerprint density at radius 3 is 2.03 bits per heavy atom. The van der Waals surface area contributed by atoms with Crippen molar-refractivity contribution in [3.63, 3.8) is 0 Å². The zero-order valence-electron chi connectivity index (χ0n) is 17.0. The number of hydrogen-bond donors (Lipinski definition) is 1. The third-order valence-electron chi connectivity index (χ3n) is 3.71. The smallest absolute Gasteiger partial charge is 0.548 e. The number of rotatable bonds is 8. The van der Waals surface area contributed by atoms with Crippen molar-refractivity contribution in [1.82, 2.24) is 9.13 Å². The third kappa shape index (κ3) is 8.11. The quantitative estimate of drug-likeness (QED) is 0.373. The Bertz CT molecular complexity index is 1080. The molecule has 1 amide bonds. The molecule has 0 aliphatic heterocycles. The van der Waals surface area contributed by atoms with Crippen LogP contribution in [0.1, 0.15) is 5.69 Å². The number of nitrogens with zero attached hydrogens (tertiary/aromatic N) is 2. The topological polar surface area (TPSA) is 163 Å². The standard InChI is InChI=1S/C17H16ClN3O8.2Na/c1-9-15(19-12(22)8-29-11-4-2-10(18)3-5-11)16(27)21(7-14(25)26)17(28)20(9)6-13(23)24;;/h2-5H,6-8H2,1H3,(H,19,22)(H,23,24)(H,25,26);;/q;2*+1/p-2. The van der Waals surface area contributed by atoms with Crippen LogP contribution in [0.25, 0.3) is 0 Å². The van der Waals surface area contributed by atoms with Gasteiger partial charge in [0.1, 0.15) is 11.4 Å². The Morgan fingerprint density at radius 2 is 1.52 bits per heavy atom. The Morgan fingerprint density at radius 1 is 1.00 bits per heavy atom. The first-order valence-corrected chi connectivity index (χ1v) is 8.40. The van der Waals surface area contributed by atoms with E-state index >= 15 is 0 Å². The molecule has 0 aliphatic carbocycles. The van der Waals surface area contributed by atoms with Gasteiger partial charge in [0.2, 0.25) is 0 Å². The molecular formula is C17H14ClN3Na2O8. The molecule has 1 N–H and O–H groups in total. The monoisotopic (exact) mass is 469 g/mol. The predicted octanol–water partition coefficient (Wildman–Crippen LogP) is -8.50. The molecule has 11 nitrogen and oxygen atoms in total. The molecule has 2 aromatic rings. The fourth-order valence-electron chi connectivity index (χ4n) is 2.38. The zero-order chi connectivity index (χ0) is 21.7. The van der Waals surface area contributed by atoms with Gasteiger partial charge in [0, 0.05) is 10.7 Å². The van der Waals surface area contributed by atoms with Crippen molar-refractivity contribution in [2.24, 2.45) is 0 Å². The van der Waals surface area contributed by atoms with Crippen molar-refractivity contribution in [3.05, 3.63) is 55.8 Å². The van der Waals surface area contributed by atoms with Gasteiger partial charge in [0.25, 0.3) is 11.5 Å². The van der Waals surface area contributed by atoms with E-state index in [1.54, 1.807) is 0 Å². The van der Waals surface area contributed by atoms with Gasteiger partial charge in [0.15, 0.2) is 6.61 Å². The summed E-state index contributed by atoms with van der Waals surface area (Å²) in [5, 5.41) is 24.4. The molecule has 0 unspecified atom stereocenters. The fraction of sp³-hybridized carbons (Fsp3) is 0.235. The first-order chi connectivity index (χ1) is 13.6. The minimum absolute atomic E-state index is 0. The summed E-state index contributed by atoms with van der Waals surface area (Å²) < 4.78 is 6.06.